The number of benzene rings is 1. The molecule has 0 heterocycles. The fraction of sp³-hybridized carbons (Fsp3) is 0.125. The van der Waals surface area contributed by atoms with Crippen LogP contribution in [0, 0.1) is 6.07 Å². The number of rotatable bonds is 2. The van der Waals surface area contributed by atoms with Crippen molar-refractivity contribution < 1.29 is 13.2 Å². The van der Waals surface area contributed by atoms with Gasteiger partial charge in [-0.1, -0.05) is 18.2 Å². The zero-order chi connectivity index (χ0) is 9.90. The first-order valence-corrected chi connectivity index (χ1v) is 5.37. The Bertz CT molecular complexity index is 397. The van der Waals surface area contributed by atoms with Gasteiger partial charge in [0.1, 0.15) is 0 Å². The van der Waals surface area contributed by atoms with Gasteiger partial charge in [-0.25, -0.2) is 13.1 Å². The number of sulfonamides is 1. The summed E-state index contributed by atoms with van der Waals surface area (Å²) in [4.78, 5) is 11.1. The normalized spacial score (nSPS) is 10.8. The molecule has 0 aliphatic heterocycles. The van der Waals surface area contributed by atoms with E-state index in [9.17, 15) is 13.2 Å². The minimum atomic E-state index is -3.49. The highest BCUT2D eigenvalue weighted by Crippen LogP contribution is 1.97. The molecule has 0 unspecified atom stereocenters. The van der Waals surface area contributed by atoms with E-state index in [1.807, 2.05) is 4.72 Å². The molecular formula is C8H8NO3S. The van der Waals surface area contributed by atoms with Gasteiger partial charge in [0, 0.05) is 5.56 Å². The van der Waals surface area contributed by atoms with Gasteiger partial charge in [-0.15, -0.1) is 0 Å². The van der Waals surface area contributed by atoms with Gasteiger partial charge in [-0.05, 0) is 12.1 Å². The smallest absolute Gasteiger partial charge is 0.265 e. The average Bonchev–Trinajstić information content (AvgIpc) is 2.03. The van der Waals surface area contributed by atoms with Crippen molar-refractivity contribution in [2.24, 2.45) is 0 Å². The molecule has 0 fully saturated rings. The lowest BCUT2D eigenvalue weighted by atomic mass is 10.2. The summed E-state index contributed by atoms with van der Waals surface area (Å²) in [7, 11) is -3.49. The topological polar surface area (TPSA) is 63.2 Å². The average molecular weight is 198 g/mol. The van der Waals surface area contributed by atoms with Gasteiger partial charge >= 0.3 is 0 Å². The molecule has 0 atom stereocenters. The summed E-state index contributed by atoms with van der Waals surface area (Å²) in [6.45, 7) is 0. The Kier molecular flexibility index (Phi) is 2.67. The van der Waals surface area contributed by atoms with E-state index in [4.69, 9.17) is 0 Å². The summed E-state index contributed by atoms with van der Waals surface area (Å²) >= 11 is 0. The van der Waals surface area contributed by atoms with Crippen LogP contribution in [0.5, 0.6) is 0 Å². The molecule has 0 bridgehead atoms. The lowest BCUT2D eigenvalue weighted by Crippen LogP contribution is -2.29. The van der Waals surface area contributed by atoms with Gasteiger partial charge in [0.25, 0.3) is 5.91 Å². The zero-order valence-electron chi connectivity index (χ0n) is 6.94. The molecule has 0 aliphatic rings. The van der Waals surface area contributed by atoms with Crippen LogP contribution in [-0.2, 0) is 10.0 Å². The monoisotopic (exact) mass is 198 g/mol. The molecule has 0 spiro atoms. The summed E-state index contributed by atoms with van der Waals surface area (Å²) in [6, 6.07) is 8.96. The minimum absolute atomic E-state index is 0.202. The van der Waals surface area contributed by atoms with E-state index in [0.29, 0.717) is 0 Å². The molecular weight excluding hydrogens is 190 g/mol. The van der Waals surface area contributed by atoms with Gasteiger partial charge in [-0.3, -0.25) is 4.79 Å². The van der Waals surface area contributed by atoms with Crippen molar-refractivity contribution in [3.05, 3.63) is 35.9 Å². The molecule has 5 heteroatoms. The lowest BCUT2D eigenvalue weighted by molar-refractivity contribution is 0.0981. The molecule has 13 heavy (non-hydrogen) atoms. The predicted octanol–water partition coefficient (Wildman–Crippen LogP) is 0.176. The Morgan fingerprint density at radius 2 is 2.15 bits per heavy atom. The van der Waals surface area contributed by atoms with Crippen LogP contribution in [0.3, 0.4) is 0 Å². The molecule has 1 aromatic carbocycles. The van der Waals surface area contributed by atoms with Crippen LogP contribution in [0.15, 0.2) is 24.3 Å². The molecule has 1 amide bonds. The summed E-state index contributed by atoms with van der Waals surface area (Å²) in [5.41, 5.74) is 0.202. The van der Waals surface area contributed by atoms with Crippen LogP contribution in [0.2, 0.25) is 0 Å². The Labute approximate surface area is 76.6 Å². The van der Waals surface area contributed by atoms with Crippen molar-refractivity contribution in [2.45, 2.75) is 0 Å². The summed E-state index contributed by atoms with van der Waals surface area (Å²) in [5, 5.41) is 0. The fourth-order valence-electron chi connectivity index (χ4n) is 0.758. The SMILES string of the molecule is CS(=O)(=O)NC(=O)c1[c]cccc1. The fourth-order valence-corrected chi connectivity index (χ4v) is 1.20. The molecule has 1 aromatic rings. The number of hydrogen-bond acceptors (Lipinski definition) is 3. The third-order valence-corrected chi connectivity index (χ3v) is 1.79. The summed E-state index contributed by atoms with van der Waals surface area (Å²) in [5.74, 6) is -0.664. The molecule has 0 saturated carbocycles. The van der Waals surface area contributed by atoms with E-state index < -0.39 is 15.9 Å². The van der Waals surface area contributed by atoms with Crippen molar-refractivity contribution in [3.8, 4) is 0 Å². The van der Waals surface area contributed by atoms with Crippen LogP contribution in [0.4, 0.5) is 0 Å². The van der Waals surface area contributed by atoms with Crippen molar-refractivity contribution in [1.82, 2.24) is 4.72 Å². The summed E-state index contributed by atoms with van der Waals surface area (Å²) in [6.07, 6.45) is 0.924. The number of carbonyl (C=O) groups excluding carboxylic acids is 1. The van der Waals surface area contributed by atoms with Crippen LogP contribution in [-0.4, -0.2) is 20.6 Å². The zero-order valence-corrected chi connectivity index (χ0v) is 7.76. The van der Waals surface area contributed by atoms with Crippen LogP contribution >= 0.6 is 0 Å². The first-order valence-electron chi connectivity index (χ1n) is 3.48. The molecule has 0 saturated heterocycles. The second-order valence-corrected chi connectivity index (χ2v) is 4.23. The molecule has 1 rings (SSSR count). The van der Waals surface area contributed by atoms with Crippen LogP contribution in [0.25, 0.3) is 0 Å². The Morgan fingerprint density at radius 3 is 2.62 bits per heavy atom. The van der Waals surface area contributed by atoms with Gasteiger partial charge in [-0.2, -0.15) is 0 Å². The first-order chi connectivity index (χ1) is 5.99. The van der Waals surface area contributed by atoms with E-state index >= 15 is 0 Å². The van der Waals surface area contributed by atoms with E-state index in [0.717, 1.165) is 6.26 Å². The van der Waals surface area contributed by atoms with Crippen molar-refractivity contribution >= 4 is 15.9 Å². The maximum Gasteiger partial charge on any atom is 0.265 e. The highest BCUT2D eigenvalue weighted by molar-refractivity contribution is 7.89. The lowest BCUT2D eigenvalue weighted by Gasteiger charge is -2.00. The standard InChI is InChI=1S/C8H8NO3S/c1-13(11,12)9-8(10)7-5-3-2-4-6-7/h2-5H,1H3,(H,9,10). The molecule has 0 aliphatic carbocycles. The molecule has 0 aromatic heterocycles. The van der Waals surface area contributed by atoms with Crippen LogP contribution in [0.1, 0.15) is 10.4 Å². The highest BCUT2D eigenvalue weighted by Gasteiger charge is 2.09. The van der Waals surface area contributed by atoms with E-state index in [2.05, 4.69) is 6.07 Å². The van der Waals surface area contributed by atoms with Gasteiger partial charge in [0.15, 0.2) is 0 Å². The maximum atomic E-state index is 11.1. The highest BCUT2D eigenvalue weighted by atomic mass is 32.2. The first kappa shape index (κ1) is 9.73. The van der Waals surface area contributed by atoms with E-state index in [1.165, 1.54) is 12.1 Å². The van der Waals surface area contributed by atoms with E-state index in [-0.39, 0.29) is 5.56 Å². The van der Waals surface area contributed by atoms with Gasteiger partial charge < -0.3 is 0 Å². The van der Waals surface area contributed by atoms with Gasteiger partial charge in [0.2, 0.25) is 10.0 Å². The Hall–Kier alpha value is -1.36. The van der Waals surface area contributed by atoms with E-state index in [1.54, 1.807) is 12.1 Å². The maximum absolute atomic E-state index is 11.1. The second-order valence-electron chi connectivity index (χ2n) is 2.48. The molecule has 69 valence electrons. The Balaban J connectivity index is 2.82. The molecule has 1 radical (unpaired) electrons. The number of hydrogen-bond donors (Lipinski definition) is 1. The quantitative estimate of drug-likeness (QED) is 0.737. The van der Waals surface area contributed by atoms with Gasteiger partial charge in [0.05, 0.1) is 6.26 Å². The number of nitrogens with one attached hydrogen (secondary N) is 1. The molecule has 1 N–H and O–H groups in total. The minimum Gasteiger partial charge on any atom is -0.268 e. The second kappa shape index (κ2) is 3.57. The third kappa shape index (κ3) is 3.25. The predicted molar refractivity (Wildman–Crippen MR) is 47.6 cm³/mol. The number of amides is 1. The largest absolute Gasteiger partial charge is 0.268 e. The van der Waals surface area contributed by atoms with Crippen molar-refractivity contribution in [2.75, 3.05) is 6.26 Å². The Morgan fingerprint density at radius 1 is 1.46 bits per heavy atom. The van der Waals surface area contributed by atoms with Crippen molar-refractivity contribution in [3.63, 3.8) is 0 Å². The summed E-state index contributed by atoms with van der Waals surface area (Å²) < 4.78 is 23.2. The number of carbonyl (C=O) groups is 1. The third-order valence-electron chi connectivity index (χ3n) is 1.23. The van der Waals surface area contributed by atoms with Crippen LogP contribution < -0.4 is 4.72 Å². The van der Waals surface area contributed by atoms with Crippen molar-refractivity contribution in [1.29, 1.82) is 0 Å². The molecule has 4 nitrogen and oxygen atoms in total.